The molecule has 0 fully saturated rings. The fourth-order valence-corrected chi connectivity index (χ4v) is 1.48. The van der Waals surface area contributed by atoms with Crippen molar-refractivity contribution in [2.75, 3.05) is 7.05 Å². The zero-order valence-corrected chi connectivity index (χ0v) is 9.23. The van der Waals surface area contributed by atoms with Gasteiger partial charge in [-0.1, -0.05) is 0 Å². The molecule has 2 heterocycles. The first-order valence-electron chi connectivity index (χ1n) is 5.20. The first-order chi connectivity index (χ1) is 7.90. The molecule has 86 valence electrons. The van der Waals surface area contributed by atoms with Crippen molar-refractivity contribution >= 4 is 0 Å². The van der Waals surface area contributed by atoms with Crippen LogP contribution in [0, 0.1) is 0 Å². The third-order valence-electron chi connectivity index (χ3n) is 2.26. The molecule has 16 heavy (non-hydrogen) atoms. The number of ether oxygens (including phenoxy) is 1. The SMILES string of the molecule is CNCc1ccoc1COCc1ccco1. The Morgan fingerprint density at radius 2 is 2.12 bits per heavy atom. The van der Waals surface area contributed by atoms with E-state index in [1.807, 2.05) is 25.2 Å². The van der Waals surface area contributed by atoms with E-state index in [-0.39, 0.29) is 0 Å². The second kappa shape index (κ2) is 5.53. The van der Waals surface area contributed by atoms with E-state index >= 15 is 0 Å². The van der Waals surface area contributed by atoms with Gasteiger partial charge in [0.2, 0.25) is 0 Å². The molecule has 0 radical (unpaired) electrons. The van der Waals surface area contributed by atoms with Gasteiger partial charge in [-0.15, -0.1) is 0 Å². The molecule has 0 aromatic carbocycles. The molecule has 0 aliphatic heterocycles. The maximum Gasteiger partial charge on any atom is 0.133 e. The fourth-order valence-electron chi connectivity index (χ4n) is 1.48. The highest BCUT2D eigenvalue weighted by molar-refractivity contribution is 5.15. The maximum absolute atomic E-state index is 5.49. The van der Waals surface area contributed by atoms with Gasteiger partial charge in [-0.25, -0.2) is 0 Å². The van der Waals surface area contributed by atoms with Crippen LogP contribution < -0.4 is 5.32 Å². The van der Waals surface area contributed by atoms with Gasteiger partial charge in [-0.05, 0) is 25.2 Å². The van der Waals surface area contributed by atoms with Crippen LogP contribution in [0.2, 0.25) is 0 Å². The summed E-state index contributed by atoms with van der Waals surface area (Å²) < 4.78 is 16.0. The summed E-state index contributed by atoms with van der Waals surface area (Å²) in [6, 6.07) is 5.68. The lowest BCUT2D eigenvalue weighted by Crippen LogP contribution is -2.06. The van der Waals surface area contributed by atoms with Gasteiger partial charge in [0.15, 0.2) is 0 Å². The van der Waals surface area contributed by atoms with Crippen molar-refractivity contribution in [3.63, 3.8) is 0 Å². The lowest BCUT2D eigenvalue weighted by Gasteiger charge is -2.02. The summed E-state index contributed by atoms with van der Waals surface area (Å²) in [7, 11) is 1.90. The Morgan fingerprint density at radius 3 is 2.88 bits per heavy atom. The van der Waals surface area contributed by atoms with Crippen LogP contribution in [0.25, 0.3) is 0 Å². The number of hydrogen-bond acceptors (Lipinski definition) is 4. The monoisotopic (exact) mass is 221 g/mol. The Kier molecular flexibility index (Phi) is 3.80. The molecule has 2 aromatic heterocycles. The number of furan rings is 2. The quantitative estimate of drug-likeness (QED) is 0.813. The van der Waals surface area contributed by atoms with E-state index < -0.39 is 0 Å². The molecule has 4 heteroatoms. The summed E-state index contributed by atoms with van der Waals surface area (Å²) in [5.41, 5.74) is 1.13. The lowest BCUT2D eigenvalue weighted by atomic mass is 10.2. The van der Waals surface area contributed by atoms with E-state index in [0.717, 1.165) is 23.6 Å². The average Bonchev–Trinajstić information content (AvgIpc) is 2.91. The maximum atomic E-state index is 5.49. The van der Waals surface area contributed by atoms with Crippen LogP contribution in [0.3, 0.4) is 0 Å². The summed E-state index contributed by atoms with van der Waals surface area (Å²) in [5, 5.41) is 3.08. The Hall–Kier alpha value is -1.52. The van der Waals surface area contributed by atoms with E-state index in [0.29, 0.717) is 13.2 Å². The second-order valence-electron chi connectivity index (χ2n) is 3.47. The second-order valence-corrected chi connectivity index (χ2v) is 3.47. The molecular formula is C12H15NO3. The molecule has 0 amide bonds. The van der Waals surface area contributed by atoms with Crippen LogP contribution in [0.5, 0.6) is 0 Å². The molecule has 1 N–H and O–H groups in total. The molecule has 2 rings (SSSR count). The van der Waals surface area contributed by atoms with Crippen molar-refractivity contribution < 1.29 is 13.6 Å². The smallest absolute Gasteiger partial charge is 0.133 e. The summed E-state index contributed by atoms with van der Waals surface area (Å²) in [5.74, 6) is 1.68. The molecule has 0 spiro atoms. The molecule has 0 saturated heterocycles. The third-order valence-corrected chi connectivity index (χ3v) is 2.26. The molecule has 2 aromatic rings. The van der Waals surface area contributed by atoms with Gasteiger partial charge in [0.25, 0.3) is 0 Å². The van der Waals surface area contributed by atoms with E-state index in [1.54, 1.807) is 12.5 Å². The largest absolute Gasteiger partial charge is 0.467 e. The molecule has 0 saturated carbocycles. The highest BCUT2D eigenvalue weighted by atomic mass is 16.5. The van der Waals surface area contributed by atoms with Gasteiger partial charge in [-0.3, -0.25) is 0 Å². The van der Waals surface area contributed by atoms with Crippen LogP contribution >= 0.6 is 0 Å². The van der Waals surface area contributed by atoms with Crippen LogP contribution in [0.15, 0.2) is 39.6 Å². The molecular weight excluding hydrogens is 206 g/mol. The molecule has 0 aliphatic rings. The fraction of sp³-hybridized carbons (Fsp3) is 0.333. The zero-order valence-electron chi connectivity index (χ0n) is 9.23. The van der Waals surface area contributed by atoms with Gasteiger partial charge in [0, 0.05) is 12.1 Å². The first kappa shape index (κ1) is 11.0. The Bertz CT molecular complexity index is 406. The predicted molar refractivity (Wildman–Crippen MR) is 58.7 cm³/mol. The normalized spacial score (nSPS) is 10.8. The van der Waals surface area contributed by atoms with Gasteiger partial charge in [0.1, 0.15) is 24.7 Å². The van der Waals surface area contributed by atoms with Crippen molar-refractivity contribution in [1.29, 1.82) is 0 Å². The number of nitrogens with one attached hydrogen (secondary N) is 1. The van der Waals surface area contributed by atoms with Gasteiger partial charge >= 0.3 is 0 Å². The Morgan fingerprint density at radius 1 is 1.19 bits per heavy atom. The van der Waals surface area contributed by atoms with E-state index in [1.165, 1.54) is 0 Å². The minimum absolute atomic E-state index is 0.463. The minimum atomic E-state index is 0.463. The van der Waals surface area contributed by atoms with Crippen LogP contribution in [-0.4, -0.2) is 7.05 Å². The standard InChI is InChI=1S/C12H15NO3/c1-13-7-10-4-6-16-12(10)9-14-8-11-3-2-5-15-11/h2-6,13H,7-9H2,1H3. The molecule has 0 atom stereocenters. The van der Waals surface area contributed by atoms with Crippen molar-refractivity contribution in [2.24, 2.45) is 0 Å². The molecule has 4 nitrogen and oxygen atoms in total. The van der Waals surface area contributed by atoms with E-state index in [4.69, 9.17) is 13.6 Å². The summed E-state index contributed by atoms with van der Waals surface area (Å²) >= 11 is 0. The van der Waals surface area contributed by atoms with E-state index in [9.17, 15) is 0 Å². The van der Waals surface area contributed by atoms with Gasteiger partial charge in [0.05, 0.1) is 12.5 Å². The van der Waals surface area contributed by atoms with Crippen LogP contribution in [0.1, 0.15) is 17.1 Å². The van der Waals surface area contributed by atoms with Crippen molar-refractivity contribution in [2.45, 2.75) is 19.8 Å². The topological polar surface area (TPSA) is 47.5 Å². The van der Waals surface area contributed by atoms with Crippen LogP contribution in [-0.2, 0) is 24.5 Å². The zero-order chi connectivity index (χ0) is 11.2. The molecule has 0 bridgehead atoms. The van der Waals surface area contributed by atoms with Crippen LogP contribution in [0.4, 0.5) is 0 Å². The predicted octanol–water partition coefficient (Wildman–Crippen LogP) is 2.31. The Labute approximate surface area is 94.2 Å². The van der Waals surface area contributed by atoms with Crippen molar-refractivity contribution in [3.05, 3.63) is 47.8 Å². The first-order valence-corrected chi connectivity index (χ1v) is 5.20. The molecule has 0 aliphatic carbocycles. The lowest BCUT2D eigenvalue weighted by molar-refractivity contribution is 0.0796. The highest BCUT2D eigenvalue weighted by Crippen LogP contribution is 2.12. The minimum Gasteiger partial charge on any atom is -0.467 e. The summed E-state index contributed by atoms with van der Waals surface area (Å²) in [4.78, 5) is 0. The third kappa shape index (κ3) is 2.74. The van der Waals surface area contributed by atoms with Gasteiger partial charge < -0.3 is 18.9 Å². The van der Waals surface area contributed by atoms with Crippen molar-refractivity contribution in [1.82, 2.24) is 5.32 Å². The molecule has 0 unspecified atom stereocenters. The number of hydrogen-bond donors (Lipinski definition) is 1. The summed E-state index contributed by atoms with van der Waals surface area (Å²) in [6.07, 6.45) is 3.32. The van der Waals surface area contributed by atoms with Gasteiger partial charge in [-0.2, -0.15) is 0 Å². The highest BCUT2D eigenvalue weighted by Gasteiger charge is 2.05. The summed E-state index contributed by atoms with van der Waals surface area (Å²) in [6.45, 7) is 1.72. The average molecular weight is 221 g/mol. The van der Waals surface area contributed by atoms with E-state index in [2.05, 4.69) is 5.32 Å². The number of rotatable bonds is 6. The Balaban J connectivity index is 1.82. The van der Waals surface area contributed by atoms with Crippen molar-refractivity contribution in [3.8, 4) is 0 Å².